The van der Waals surface area contributed by atoms with Crippen LogP contribution in [0.25, 0.3) is 0 Å². The first-order valence-electron chi connectivity index (χ1n) is 5.97. The number of carbonyl (C=O) groups excluding carboxylic acids is 1. The first-order valence-corrected chi connectivity index (χ1v) is 5.97. The van der Waals surface area contributed by atoms with Crippen molar-refractivity contribution in [3.05, 3.63) is 18.0 Å². The fourth-order valence-corrected chi connectivity index (χ4v) is 1.90. The van der Waals surface area contributed by atoms with Gasteiger partial charge in [-0.05, 0) is 20.0 Å². The molecule has 94 valence electrons. The Morgan fingerprint density at radius 2 is 2.12 bits per heavy atom. The molecular weight excluding hydrogens is 218 g/mol. The fourth-order valence-electron chi connectivity index (χ4n) is 1.90. The molecule has 0 unspecified atom stereocenters. The molecule has 0 spiro atoms. The quantitative estimate of drug-likeness (QED) is 0.790. The van der Waals surface area contributed by atoms with E-state index in [0.717, 1.165) is 26.2 Å². The standard InChI is InChI=1S/C11H19N5O/c1-3-16-10(4-5-12-16)11(17)13-15-8-6-14(2)7-9-15/h4-5H,3,6-9H2,1-2H3,(H,13,17). The van der Waals surface area contributed by atoms with Gasteiger partial charge in [-0.3, -0.25) is 14.9 Å². The van der Waals surface area contributed by atoms with Crippen LogP contribution in [0.5, 0.6) is 0 Å². The Balaban J connectivity index is 1.93. The summed E-state index contributed by atoms with van der Waals surface area (Å²) in [7, 11) is 2.09. The van der Waals surface area contributed by atoms with Crippen LogP contribution < -0.4 is 5.43 Å². The van der Waals surface area contributed by atoms with E-state index in [4.69, 9.17) is 0 Å². The number of rotatable bonds is 3. The predicted octanol–water partition coefficient (Wildman–Crippen LogP) is -0.205. The Hall–Kier alpha value is -1.40. The van der Waals surface area contributed by atoms with Gasteiger partial charge in [-0.25, -0.2) is 5.01 Å². The molecule has 6 nitrogen and oxygen atoms in total. The van der Waals surface area contributed by atoms with Gasteiger partial charge in [0.15, 0.2) is 0 Å². The van der Waals surface area contributed by atoms with Crippen LogP contribution >= 0.6 is 0 Å². The number of carbonyl (C=O) groups is 1. The van der Waals surface area contributed by atoms with E-state index in [1.54, 1.807) is 16.9 Å². The second-order valence-corrected chi connectivity index (χ2v) is 4.26. The van der Waals surface area contributed by atoms with E-state index >= 15 is 0 Å². The zero-order chi connectivity index (χ0) is 12.3. The molecule has 1 aromatic rings. The number of hydrazine groups is 1. The van der Waals surface area contributed by atoms with Gasteiger partial charge in [0.1, 0.15) is 5.69 Å². The lowest BCUT2D eigenvalue weighted by molar-refractivity contribution is 0.0652. The minimum atomic E-state index is -0.0751. The number of hydrogen-bond donors (Lipinski definition) is 1. The molecule has 0 aliphatic carbocycles. The van der Waals surface area contributed by atoms with Crippen LogP contribution in [-0.4, -0.2) is 58.8 Å². The van der Waals surface area contributed by atoms with Crippen molar-refractivity contribution in [2.45, 2.75) is 13.5 Å². The molecule has 1 aliphatic heterocycles. The van der Waals surface area contributed by atoms with E-state index in [1.165, 1.54) is 0 Å². The van der Waals surface area contributed by atoms with Gasteiger partial charge in [0, 0.05) is 38.9 Å². The summed E-state index contributed by atoms with van der Waals surface area (Å²) >= 11 is 0. The third-order valence-corrected chi connectivity index (χ3v) is 3.01. The third-order valence-electron chi connectivity index (χ3n) is 3.01. The number of aromatic nitrogens is 2. The molecule has 1 amide bonds. The molecule has 0 aromatic carbocycles. The van der Waals surface area contributed by atoms with Crippen molar-refractivity contribution >= 4 is 5.91 Å². The average molecular weight is 237 g/mol. The summed E-state index contributed by atoms with van der Waals surface area (Å²) < 4.78 is 1.70. The van der Waals surface area contributed by atoms with Crippen molar-refractivity contribution in [3.8, 4) is 0 Å². The van der Waals surface area contributed by atoms with Crippen molar-refractivity contribution in [2.24, 2.45) is 0 Å². The van der Waals surface area contributed by atoms with Gasteiger partial charge in [-0.15, -0.1) is 0 Å². The molecule has 1 aromatic heterocycles. The Morgan fingerprint density at radius 3 is 2.76 bits per heavy atom. The molecule has 2 rings (SSSR count). The summed E-state index contributed by atoms with van der Waals surface area (Å²) in [6.45, 7) is 6.36. The van der Waals surface area contributed by atoms with Crippen LogP contribution in [0.2, 0.25) is 0 Å². The summed E-state index contributed by atoms with van der Waals surface area (Å²) in [5.41, 5.74) is 3.54. The zero-order valence-electron chi connectivity index (χ0n) is 10.4. The molecule has 17 heavy (non-hydrogen) atoms. The van der Waals surface area contributed by atoms with E-state index in [0.29, 0.717) is 12.2 Å². The van der Waals surface area contributed by atoms with Crippen molar-refractivity contribution in [1.82, 2.24) is 25.1 Å². The Morgan fingerprint density at radius 1 is 1.41 bits per heavy atom. The summed E-state index contributed by atoms with van der Waals surface area (Å²) in [4.78, 5) is 14.3. The maximum atomic E-state index is 12.0. The van der Waals surface area contributed by atoms with Crippen LogP contribution in [0.1, 0.15) is 17.4 Å². The smallest absolute Gasteiger partial charge is 0.283 e. The highest BCUT2D eigenvalue weighted by Gasteiger charge is 2.18. The normalized spacial score (nSPS) is 18.2. The lowest BCUT2D eigenvalue weighted by atomic mass is 10.3. The Kier molecular flexibility index (Phi) is 3.75. The molecule has 6 heteroatoms. The van der Waals surface area contributed by atoms with Gasteiger partial charge in [0.25, 0.3) is 5.91 Å². The average Bonchev–Trinajstić information content (AvgIpc) is 2.80. The van der Waals surface area contributed by atoms with Crippen LogP contribution in [-0.2, 0) is 6.54 Å². The van der Waals surface area contributed by atoms with Crippen LogP contribution in [0, 0.1) is 0 Å². The zero-order valence-corrected chi connectivity index (χ0v) is 10.4. The van der Waals surface area contributed by atoms with Crippen molar-refractivity contribution in [2.75, 3.05) is 33.2 Å². The predicted molar refractivity (Wildman–Crippen MR) is 64.4 cm³/mol. The van der Waals surface area contributed by atoms with Crippen molar-refractivity contribution in [3.63, 3.8) is 0 Å². The molecule has 0 radical (unpaired) electrons. The van der Waals surface area contributed by atoms with Crippen molar-refractivity contribution in [1.29, 1.82) is 0 Å². The Bertz CT molecular complexity index is 381. The van der Waals surface area contributed by atoms with Crippen molar-refractivity contribution < 1.29 is 4.79 Å². The lowest BCUT2D eigenvalue weighted by Gasteiger charge is -2.32. The summed E-state index contributed by atoms with van der Waals surface area (Å²) in [6.07, 6.45) is 1.66. The summed E-state index contributed by atoms with van der Waals surface area (Å²) in [5, 5.41) is 6.06. The van der Waals surface area contributed by atoms with E-state index in [-0.39, 0.29) is 5.91 Å². The molecule has 1 saturated heterocycles. The van der Waals surface area contributed by atoms with Gasteiger partial charge in [0.05, 0.1) is 0 Å². The van der Waals surface area contributed by atoms with E-state index in [1.807, 2.05) is 11.9 Å². The molecule has 0 atom stereocenters. The number of hydrogen-bond acceptors (Lipinski definition) is 4. The summed E-state index contributed by atoms with van der Waals surface area (Å²) in [5.74, 6) is -0.0751. The highest BCUT2D eigenvalue weighted by Crippen LogP contribution is 2.01. The monoisotopic (exact) mass is 237 g/mol. The van der Waals surface area contributed by atoms with Crippen LogP contribution in [0.4, 0.5) is 0 Å². The number of aryl methyl sites for hydroxylation is 1. The van der Waals surface area contributed by atoms with E-state index in [2.05, 4.69) is 22.5 Å². The number of nitrogens with one attached hydrogen (secondary N) is 1. The fraction of sp³-hybridized carbons (Fsp3) is 0.636. The first kappa shape index (κ1) is 12.1. The molecule has 0 saturated carbocycles. The van der Waals surface area contributed by atoms with E-state index in [9.17, 15) is 4.79 Å². The van der Waals surface area contributed by atoms with Gasteiger partial charge in [0.2, 0.25) is 0 Å². The second kappa shape index (κ2) is 5.29. The van der Waals surface area contributed by atoms with E-state index < -0.39 is 0 Å². The molecule has 1 fully saturated rings. The SMILES string of the molecule is CCn1nccc1C(=O)NN1CCN(C)CC1. The highest BCUT2D eigenvalue weighted by atomic mass is 16.2. The van der Waals surface area contributed by atoms with Gasteiger partial charge >= 0.3 is 0 Å². The lowest BCUT2D eigenvalue weighted by Crippen LogP contribution is -2.52. The van der Waals surface area contributed by atoms with Gasteiger partial charge < -0.3 is 4.90 Å². The van der Waals surface area contributed by atoms with Crippen LogP contribution in [0.3, 0.4) is 0 Å². The largest absolute Gasteiger partial charge is 0.304 e. The highest BCUT2D eigenvalue weighted by molar-refractivity contribution is 5.92. The number of nitrogens with zero attached hydrogens (tertiary/aromatic N) is 4. The minimum Gasteiger partial charge on any atom is -0.304 e. The topological polar surface area (TPSA) is 53.4 Å². The molecule has 0 bridgehead atoms. The second-order valence-electron chi connectivity index (χ2n) is 4.26. The van der Waals surface area contributed by atoms with Gasteiger partial charge in [-0.1, -0.05) is 0 Å². The maximum absolute atomic E-state index is 12.0. The Labute approximate surface area is 101 Å². The number of piperazine rings is 1. The molecule has 2 heterocycles. The van der Waals surface area contributed by atoms with Gasteiger partial charge in [-0.2, -0.15) is 5.10 Å². The van der Waals surface area contributed by atoms with Crippen LogP contribution in [0.15, 0.2) is 12.3 Å². The summed E-state index contributed by atoms with van der Waals surface area (Å²) in [6, 6.07) is 1.74. The maximum Gasteiger partial charge on any atom is 0.283 e. The molecule has 1 N–H and O–H groups in total. The third kappa shape index (κ3) is 2.83. The minimum absolute atomic E-state index is 0.0751. The number of amides is 1. The molecule has 1 aliphatic rings. The number of likely N-dealkylation sites (N-methyl/N-ethyl adjacent to an activating group) is 1. The molecular formula is C11H19N5O. The first-order chi connectivity index (χ1) is 8.20.